The molecule has 0 saturated heterocycles. The van der Waals surface area contributed by atoms with E-state index in [0.717, 1.165) is 10.9 Å². The van der Waals surface area contributed by atoms with Crippen molar-refractivity contribution >= 4 is 27.5 Å². The van der Waals surface area contributed by atoms with E-state index in [-0.39, 0.29) is 0 Å². The molecule has 0 aliphatic heterocycles. The number of alkyl halides is 1. The van der Waals surface area contributed by atoms with E-state index < -0.39 is 0 Å². The molecule has 1 aromatic rings. The van der Waals surface area contributed by atoms with Gasteiger partial charge in [-0.05, 0) is 24.1 Å². The van der Waals surface area contributed by atoms with E-state index in [2.05, 4.69) is 34.1 Å². The fraction of sp³-hybridized carbons (Fsp3) is 0.200. The standard InChI is InChI=1S/C10H10BrCl/c11-10-6-4-9(5-7-10)3-1-2-8-12/h1-2,4-7H,3,8H2. The number of hydrogen-bond donors (Lipinski definition) is 0. The largest absolute Gasteiger partial charge is 0.122 e. The van der Waals surface area contributed by atoms with Crippen molar-refractivity contribution in [2.24, 2.45) is 0 Å². The summed E-state index contributed by atoms with van der Waals surface area (Å²) in [6.45, 7) is 0. The molecule has 0 spiro atoms. The van der Waals surface area contributed by atoms with Crippen molar-refractivity contribution in [3.05, 3.63) is 46.5 Å². The maximum atomic E-state index is 5.50. The lowest BCUT2D eigenvalue weighted by Gasteiger charge is -1.95. The molecule has 1 rings (SSSR count). The molecular weight excluding hydrogens is 235 g/mol. The zero-order valence-corrected chi connectivity index (χ0v) is 8.98. The molecule has 0 aromatic heterocycles. The third-order valence-corrected chi connectivity index (χ3v) is 2.23. The van der Waals surface area contributed by atoms with Crippen LogP contribution in [-0.4, -0.2) is 5.88 Å². The van der Waals surface area contributed by atoms with E-state index in [0.29, 0.717) is 5.88 Å². The SMILES string of the molecule is ClCC=CCc1ccc(Br)cc1. The highest BCUT2D eigenvalue weighted by Gasteiger charge is 1.88. The molecular formula is C10H10BrCl. The Kier molecular flexibility index (Phi) is 4.41. The molecule has 0 atom stereocenters. The predicted octanol–water partition coefficient (Wildman–Crippen LogP) is 3.79. The van der Waals surface area contributed by atoms with Crippen LogP contribution in [0.1, 0.15) is 5.56 Å². The van der Waals surface area contributed by atoms with E-state index in [9.17, 15) is 0 Å². The molecule has 0 bridgehead atoms. The van der Waals surface area contributed by atoms with Crippen LogP contribution in [0.3, 0.4) is 0 Å². The van der Waals surface area contributed by atoms with Crippen LogP contribution in [0, 0.1) is 0 Å². The Morgan fingerprint density at radius 3 is 2.42 bits per heavy atom. The quantitative estimate of drug-likeness (QED) is 0.561. The molecule has 0 fully saturated rings. The van der Waals surface area contributed by atoms with Gasteiger partial charge in [-0.2, -0.15) is 0 Å². The van der Waals surface area contributed by atoms with Crippen molar-refractivity contribution in [1.29, 1.82) is 0 Å². The van der Waals surface area contributed by atoms with Crippen molar-refractivity contribution < 1.29 is 0 Å². The molecule has 0 aliphatic rings. The summed E-state index contributed by atoms with van der Waals surface area (Å²) in [7, 11) is 0. The summed E-state index contributed by atoms with van der Waals surface area (Å²) in [5, 5.41) is 0. The normalized spacial score (nSPS) is 10.8. The van der Waals surface area contributed by atoms with Gasteiger partial charge in [0.1, 0.15) is 0 Å². The molecule has 0 aliphatic carbocycles. The lowest BCUT2D eigenvalue weighted by atomic mass is 10.1. The topological polar surface area (TPSA) is 0 Å². The average molecular weight is 246 g/mol. The van der Waals surface area contributed by atoms with Gasteiger partial charge < -0.3 is 0 Å². The number of benzene rings is 1. The maximum absolute atomic E-state index is 5.50. The minimum atomic E-state index is 0.594. The highest BCUT2D eigenvalue weighted by atomic mass is 79.9. The molecule has 0 N–H and O–H groups in total. The lowest BCUT2D eigenvalue weighted by molar-refractivity contribution is 1.26. The summed E-state index contributed by atoms with van der Waals surface area (Å²) in [6.07, 6.45) is 5.00. The van der Waals surface area contributed by atoms with Crippen LogP contribution < -0.4 is 0 Å². The van der Waals surface area contributed by atoms with Crippen LogP contribution in [0.5, 0.6) is 0 Å². The summed E-state index contributed by atoms with van der Waals surface area (Å²) < 4.78 is 1.12. The second-order valence-corrected chi connectivity index (χ2v) is 3.68. The van der Waals surface area contributed by atoms with Gasteiger partial charge in [0.25, 0.3) is 0 Å². The van der Waals surface area contributed by atoms with E-state index in [4.69, 9.17) is 11.6 Å². The molecule has 0 saturated carbocycles. The van der Waals surface area contributed by atoms with E-state index in [1.165, 1.54) is 5.56 Å². The van der Waals surface area contributed by atoms with Crippen LogP contribution in [0.4, 0.5) is 0 Å². The number of rotatable bonds is 3. The third-order valence-electron chi connectivity index (χ3n) is 1.52. The van der Waals surface area contributed by atoms with Crippen molar-refractivity contribution in [1.82, 2.24) is 0 Å². The summed E-state index contributed by atoms with van der Waals surface area (Å²) in [5.41, 5.74) is 1.31. The van der Waals surface area contributed by atoms with Gasteiger partial charge in [0, 0.05) is 10.4 Å². The van der Waals surface area contributed by atoms with E-state index in [1.807, 2.05) is 18.2 Å². The molecule has 2 heteroatoms. The third kappa shape index (κ3) is 3.42. The molecule has 0 nitrogen and oxygen atoms in total. The molecule has 0 heterocycles. The van der Waals surface area contributed by atoms with Crippen LogP contribution in [-0.2, 0) is 6.42 Å². The number of halogens is 2. The monoisotopic (exact) mass is 244 g/mol. The van der Waals surface area contributed by atoms with Gasteiger partial charge in [0.05, 0.1) is 0 Å². The summed E-state index contributed by atoms with van der Waals surface area (Å²) in [5.74, 6) is 0.594. The van der Waals surface area contributed by atoms with Crippen LogP contribution in [0.15, 0.2) is 40.9 Å². The molecule has 12 heavy (non-hydrogen) atoms. The van der Waals surface area contributed by atoms with Gasteiger partial charge in [-0.3, -0.25) is 0 Å². The first kappa shape index (κ1) is 9.82. The average Bonchev–Trinajstić information content (AvgIpc) is 2.09. The predicted molar refractivity (Wildman–Crippen MR) is 57.7 cm³/mol. The molecule has 1 aromatic carbocycles. The minimum Gasteiger partial charge on any atom is -0.122 e. The lowest BCUT2D eigenvalue weighted by Crippen LogP contribution is -1.79. The zero-order chi connectivity index (χ0) is 8.81. The van der Waals surface area contributed by atoms with Gasteiger partial charge in [-0.15, -0.1) is 11.6 Å². The van der Waals surface area contributed by atoms with E-state index in [1.54, 1.807) is 0 Å². The van der Waals surface area contributed by atoms with Crippen LogP contribution in [0.2, 0.25) is 0 Å². The molecule has 0 amide bonds. The summed E-state index contributed by atoms with van der Waals surface area (Å²) in [6, 6.07) is 8.29. The van der Waals surface area contributed by atoms with E-state index >= 15 is 0 Å². The first-order valence-corrected chi connectivity index (χ1v) is 5.11. The summed E-state index contributed by atoms with van der Waals surface area (Å²) in [4.78, 5) is 0. The summed E-state index contributed by atoms with van der Waals surface area (Å²) >= 11 is 8.89. The van der Waals surface area contributed by atoms with Crippen molar-refractivity contribution in [3.63, 3.8) is 0 Å². The Labute approximate surface area is 86.4 Å². The molecule has 64 valence electrons. The van der Waals surface area contributed by atoms with Gasteiger partial charge in [-0.25, -0.2) is 0 Å². The van der Waals surface area contributed by atoms with Gasteiger partial charge >= 0.3 is 0 Å². The Morgan fingerprint density at radius 2 is 1.83 bits per heavy atom. The number of hydrogen-bond acceptors (Lipinski definition) is 0. The first-order chi connectivity index (χ1) is 5.83. The second kappa shape index (κ2) is 5.39. The van der Waals surface area contributed by atoms with Crippen molar-refractivity contribution in [2.45, 2.75) is 6.42 Å². The van der Waals surface area contributed by atoms with Crippen molar-refractivity contribution in [3.8, 4) is 0 Å². The fourth-order valence-electron chi connectivity index (χ4n) is 0.903. The van der Waals surface area contributed by atoms with Gasteiger partial charge in [0.2, 0.25) is 0 Å². The fourth-order valence-corrected chi connectivity index (χ4v) is 1.29. The first-order valence-electron chi connectivity index (χ1n) is 3.78. The Morgan fingerprint density at radius 1 is 1.17 bits per heavy atom. The van der Waals surface area contributed by atoms with Crippen LogP contribution in [0.25, 0.3) is 0 Å². The Hall–Kier alpha value is -0.270. The number of allylic oxidation sites excluding steroid dienone is 2. The molecule has 0 unspecified atom stereocenters. The highest BCUT2D eigenvalue weighted by molar-refractivity contribution is 9.10. The van der Waals surface area contributed by atoms with Crippen molar-refractivity contribution in [2.75, 3.05) is 5.88 Å². The molecule has 0 radical (unpaired) electrons. The Balaban J connectivity index is 2.53. The Bertz CT molecular complexity index is 251. The maximum Gasteiger partial charge on any atom is 0.0404 e. The zero-order valence-electron chi connectivity index (χ0n) is 6.63. The van der Waals surface area contributed by atoms with Gasteiger partial charge in [0.15, 0.2) is 0 Å². The van der Waals surface area contributed by atoms with Crippen LogP contribution >= 0.6 is 27.5 Å². The van der Waals surface area contributed by atoms with Gasteiger partial charge in [-0.1, -0.05) is 40.2 Å². The highest BCUT2D eigenvalue weighted by Crippen LogP contribution is 2.10. The smallest absolute Gasteiger partial charge is 0.0404 e. The second-order valence-electron chi connectivity index (χ2n) is 2.46. The minimum absolute atomic E-state index is 0.594.